The SMILES string of the molecule is COc1ccc(-n2c(NCc3ccccc3)nc3ccccc32)cc1. The van der Waals surface area contributed by atoms with Crippen molar-refractivity contribution in [3.05, 3.63) is 84.4 Å². The van der Waals surface area contributed by atoms with E-state index in [2.05, 4.69) is 28.1 Å². The van der Waals surface area contributed by atoms with Gasteiger partial charge in [0.25, 0.3) is 0 Å². The quantitative estimate of drug-likeness (QED) is 0.579. The van der Waals surface area contributed by atoms with Crippen molar-refractivity contribution < 1.29 is 4.74 Å². The molecule has 0 unspecified atom stereocenters. The summed E-state index contributed by atoms with van der Waals surface area (Å²) in [6.07, 6.45) is 0. The lowest BCUT2D eigenvalue weighted by molar-refractivity contribution is 0.415. The van der Waals surface area contributed by atoms with E-state index in [0.717, 1.165) is 35.0 Å². The number of hydrogen-bond acceptors (Lipinski definition) is 3. The second-order valence-corrected chi connectivity index (χ2v) is 5.80. The van der Waals surface area contributed by atoms with Gasteiger partial charge < -0.3 is 10.1 Å². The standard InChI is InChI=1S/C21H19N3O/c1-25-18-13-11-17(12-14-18)24-20-10-6-5-9-19(20)23-21(24)22-15-16-7-3-2-4-8-16/h2-14H,15H2,1H3,(H,22,23). The van der Waals surface area contributed by atoms with E-state index >= 15 is 0 Å². The van der Waals surface area contributed by atoms with Gasteiger partial charge in [-0.3, -0.25) is 4.57 Å². The molecule has 1 N–H and O–H groups in total. The first-order chi connectivity index (χ1) is 12.3. The number of anilines is 1. The highest BCUT2D eigenvalue weighted by atomic mass is 16.5. The van der Waals surface area contributed by atoms with Crippen LogP contribution in [0.25, 0.3) is 16.7 Å². The molecule has 4 heteroatoms. The summed E-state index contributed by atoms with van der Waals surface area (Å²) in [6, 6.07) is 26.5. The maximum Gasteiger partial charge on any atom is 0.208 e. The van der Waals surface area contributed by atoms with E-state index in [1.807, 2.05) is 60.7 Å². The molecule has 3 aromatic carbocycles. The fourth-order valence-corrected chi connectivity index (χ4v) is 2.91. The molecule has 0 spiro atoms. The van der Waals surface area contributed by atoms with Crippen molar-refractivity contribution in [3.8, 4) is 11.4 Å². The van der Waals surface area contributed by atoms with Gasteiger partial charge in [-0.1, -0.05) is 42.5 Å². The van der Waals surface area contributed by atoms with Crippen molar-refractivity contribution in [1.82, 2.24) is 9.55 Å². The lowest BCUT2D eigenvalue weighted by Crippen LogP contribution is -2.06. The van der Waals surface area contributed by atoms with Crippen molar-refractivity contribution in [2.75, 3.05) is 12.4 Å². The fourth-order valence-electron chi connectivity index (χ4n) is 2.91. The van der Waals surface area contributed by atoms with Gasteiger partial charge >= 0.3 is 0 Å². The summed E-state index contributed by atoms with van der Waals surface area (Å²) < 4.78 is 7.41. The molecule has 0 radical (unpaired) electrons. The molecule has 1 heterocycles. The van der Waals surface area contributed by atoms with E-state index in [4.69, 9.17) is 9.72 Å². The zero-order valence-corrected chi connectivity index (χ0v) is 14.0. The molecule has 0 aliphatic rings. The summed E-state index contributed by atoms with van der Waals surface area (Å²) in [5, 5.41) is 3.47. The highest BCUT2D eigenvalue weighted by Crippen LogP contribution is 2.26. The summed E-state index contributed by atoms with van der Waals surface area (Å²) in [5.41, 5.74) is 4.30. The number of imidazole rings is 1. The van der Waals surface area contributed by atoms with Gasteiger partial charge in [0, 0.05) is 12.2 Å². The van der Waals surface area contributed by atoms with Crippen LogP contribution in [0.1, 0.15) is 5.56 Å². The summed E-state index contributed by atoms with van der Waals surface area (Å²) >= 11 is 0. The number of benzene rings is 3. The van der Waals surface area contributed by atoms with Crippen LogP contribution in [0.3, 0.4) is 0 Å². The van der Waals surface area contributed by atoms with Gasteiger partial charge in [0.15, 0.2) is 0 Å². The molecule has 1 aromatic heterocycles. The van der Waals surface area contributed by atoms with Crippen LogP contribution in [0.4, 0.5) is 5.95 Å². The van der Waals surface area contributed by atoms with Crippen molar-refractivity contribution in [3.63, 3.8) is 0 Å². The number of hydrogen-bond donors (Lipinski definition) is 1. The lowest BCUT2D eigenvalue weighted by Gasteiger charge is -2.11. The maximum atomic E-state index is 5.27. The fraction of sp³-hybridized carbons (Fsp3) is 0.0952. The molecule has 0 aliphatic carbocycles. The number of fused-ring (bicyclic) bond motifs is 1. The molecule has 0 saturated carbocycles. The third-order valence-electron chi connectivity index (χ3n) is 4.18. The molecule has 0 amide bonds. The van der Waals surface area contributed by atoms with Crippen molar-refractivity contribution >= 4 is 17.0 Å². The van der Waals surface area contributed by atoms with Gasteiger partial charge in [0.2, 0.25) is 5.95 Å². The molecule has 0 saturated heterocycles. The molecule has 4 aromatic rings. The molecule has 0 fully saturated rings. The molecular weight excluding hydrogens is 310 g/mol. The first-order valence-corrected chi connectivity index (χ1v) is 8.25. The Labute approximate surface area is 146 Å². The summed E-state index contributed by atoms with van der Waals surface area (Å²) in [6.45, 7) is 0.723. The normalized spacial score (nSPS) is 10.8. The third-order valence-corrected chi connectivity index (χ3v) is 4.18. The van der Waals surface area contributed by atoms with Gasteiger partial charge in [0.05, 0.1) is 18.1 Å². The molecule has 0 atom stereocenters. The van der Waals surface area contributed by atoms with Gasteiger partial charge in [-0.15, -0.1) is 0 Å². The maximum absolute atomic E-state index is 5.27. The average molecular weight is 329 g/mol. The number of rotatable bonds is 5. The number of para-hydroxylation sites is 2. The van der Waals surface area contributed by atoms with E-state index in [0.29, 0.717) is 0 Å². The zero-order chi connectivity index (χ0) is 17.1. The Kier molecular flexibility index (Phi) is 4.09. The van der Waals surface area contributed by atoms with Crippen LogP contribution in [-0.4, -0.2) is 16.7 Å². The van der Waals surface area contributed by atoms with Crippen molar-refractivity contribution in [2.24, 2.45) is 0 Å². The van der Waals surface area contributed by atoms with Crippen LogP contribution >= 0.6 is 0 Å². The average Bonchev–Trinajstić information content (AvgIpc) is 3.05. The minimum atomic E-state index is 0.723. The summed E-state index contributed by atoms with van der Waals surface area (Å²) in [7, 11) is 1.68. The minimum Gasteiger partial charge on any atom is -0.497 e. The van der Waals surface area contributed by atoms with Gasteiger partial charge in [-0.2, -0.15) is 0 Å². The monoisotopic (exact) mass is 329 g/mol. The Morgan fingerprint density at radius 3 is 2.36 bits per heavy atom. The first-order valence-electron chi connectivity index (χ1n) is 8.25. The second kappa shape index (κ2) is 6.69. The summed E-state index contributed by atoms with van der Waals surface area (Å²) in [4.78, 5) is 4.77. The molecule has 0 bridgehead atoms. The number of nitrogens with zero attached hydrogens (tertiary/aromatic N) is 2. The van der Waals surface area contributed by atoms with E-state index in [1.165, 1.54) is 5.56 Å². The van der Waals surface area contributed by atoms with Crippen LogP contribution in [0.2, 0.25) is 0 Å². The topological polar surface area (TPSA) is 39.1 Å². The minimum absolute atomic E-state index is 0.723. The Morgan fingerprint density at radius 2 is 1.60 bits per heavy atom. The number of aromatic nitrogens is 2. The predicted molar refractivity (Wildman–Crippen MR) is 101 cm³/mol. The zero-order valence-electron chi connectivity index (χ0n) is 14.0. The number of nitrogens with one attached hydrogen (secondary N) is 1. The van der Waals surface area contributed by atoms with Crippen molar-refractivity contribution in [1.29, 1.82) is 0 Å². The molecule has 124 valence electrons. The number of ether oxygens (including phenoxy) is 1. The Morgan fingerprint density at radius 1 is 0.880 bits per heavy atom. The third kappa shape index (κ3) is 3.06. The smallest absolute Gasteiger partial charge is 0.208 e. The lowest BCUT2D eigenvalue weighted by atomic mass is 10.2. The molecule has 4 rings (SSSR count). The Hall–Kier alpha value is -3.27. The molecule has 4 nitrogen and oxygen atoms in total. The van der Waals surface area contributed by atoms with Gasteiger partial charge in [-0.25, -0.2) is 4.98 Å². The van der Waals surface area contributed by atoms with E-state index in [1.54, 1.807) is 7.11 Å². The van der Waals surface area contributed by atoms with Crippen LogP contribution in [0, 0.1) is 0 Å². The van der Waals surface area contributed by atoms with E-state index in [-0.39, 0.29) is 0 Å². The second-order valence-electron chi connectivity index (χ2n) is 5.80. The molecular formula is C21H19N3O. The van der Waals surface area contributed by atoms with Crippen LogP contribution in [-0.2, 0) is 6.54 Å². The van der Waals surface area contributed by atoms with Gasteiger partial charge in [-0.05, 0) is 42.0 Å². The first kappa shape index (κ1) is 15.3. The van der Waals surface area contributed by atoms with Gasteiger partial charge in [0.1, 0.15) is 5.75 Å². The van der Waals surface area contributed by atoms with Crippen molar-refractivity contribution in [2.45, 2.75) is 6.54 Å². The Bertz CT molecular complexity index is 975. The van der Waals surface area contributed by atoms with Crippen LogP contribution in [0.5, 0.6) is 5.75 Å². The highest BCUT2D eigenvalue weighted by Gasteiger charge is 2.12. The van der Waals surface area contributed by atoms with Crippen LogP contribution in [0.15, 0.2) is 78.9 Å². The Balaban J connectivity index is 1.75. The largest absolute Gasteiger partial charge is 0.497 e. The number of methoxy groups -OCH3 is 1. The van der Waals surface area contributed by atoms with E-state index in [9.17, 15) is 0 Å². The highest BCUT2D eigenvalue weighted by molar-refractivity contribution is 5.81. The van der Waals surface area contributed by atoms with E-state index < -0.39 is 0 Å². The summed E-state index contributed by atoms with van der Waals surface area (Å²) in [5.74, 6) is 1.67. The van der Waals surface area contributed by atoms with Crippen LogP contribution < -0.4 is 10.1 Å². The molecule has 25 heavy (non-hydrogen) atoms. The predicted octanol–water partition coefficient (Wildman–Crippen LogP) is 4.65. The molecule has 0 aliphatic heterocycles.